The number of anilines is 1. The first kappa shape index (κ1) is 23.1. The Morgan fingerprint density at radius 2 is 1.87 bits per heavy atom. The van der Waals surface area contributed by atoms with Crippen molar-refractivity contribution in [2.24, 2.45) is 0 Å². The number of carbonyl (C=O) groups is 2. The van der Waals surface area contributed by atoms with E-state index in [1.807, 2.05) is 0 Å². The molecule has 1 fully saturated rings. The van der Waals surface area contributed by atoms with Crippen LogP contribution in [0.15, 0.2) is 41.3 Å². The van der Waals surface area contributed by atoms with E-state index in [2.05, 4.69) is 10.6 Å². The summed E-state index contributed by atoms with van der Waals surface area (Å²) in [6.07, 6.45) is 1.59. The smallest absolute Gasteiger partial charge is 0.251 e. The molecule has 0 radical (unpaired) electrons. The molecule has 1 saturated heterocycles. The number of nitrogens with one attached hydrogen (secondary N) is 2. The molecule has 2 aromatic rings. The minimum atomic E-state index is -3.78. The fraction of sp³-hybridized carbons (Fsp3) is 0.333. The molecule has 31 heavy (non-hydrogen) atoms. The zero-order chi connectivity index (χ0) is 22.6. The van der Waals surface area contributed by atoms with Crippen LogP contribution in [0.25, 0.3) is 0 Å². The molecule has 1 aliphatic heterocycles. The third-order valence-corrected chi connectivity index (χ3v) is 7.39. The highest BCUT2D eigenvalue weighted by Gasteiger charge is 2.30. The van der Waals surface area contributed by atoms with E-state index in [1.165, 1.54) is 29.6 Å². The molecule has 8 nitrogen and oxygen atoms in total. The van der Waals surface area contributed by atoms with Crippen LogP contribution in [0.1, 0.15) is 28.8 Å². The number of sulfonamides is 1. The van der Waals surface area contributed by atoms with E-state index in [9.17, 15) is 18.0 Å². The second-order valence-electron chi connectivity index (χ2n) is 7.12. The Morgan fingerprint density at radius 1 is 1.16 bits per heavy atom. The van der Waals surface area contributed by atoms with Crippen LogP contribution in [0.2, 0.25) is 5.02 Å². The molecular weight excluding hydrogens is 442 g/mol. The van der Waals surface area contributed by atoms with Crippen LogP contribution in [0.4, 0.5) is 5.69 Å². The van der Waals surface area contributed by atoms with Crippen molar-refractivity contribution in [3.63, 3.8) is 0 Å². The van der Waals surface area contributed by atoms with Gasteiger partial charge in [0.1, 0.15) is 10.6 Å². The molecule has 0 spiro atoms. The van der Waals surface area contributed by atoms with Crippen molar-refractivity contribution in [3.05, 3.63) is 52.5 Å². The van der Waals surface area contributed by atoms with Gasteiger partial charge in [-0.2, -0.15) is 4.31 Å². The van der Waals surface area contributed by atoms with Gasteiger partial charge >= 0.3 is 0 Å². The molecule has 0 aromatic heterocycles. The second kappa shape index (κ2) is 9.67. The van der Waals surface area contributed by atoms with Crippen LogP contribution in [0, 0.1) is 6.92 Å². The molecule has 2 aromatic carbocycles. The molecule has 1 aliphatic rings. The molecule has 0 aliphatic carbocycles. The Morgan fingerprint density at radius 3 is 2.55 bits per heavy atom. The van der Waals surface area contributed by atoms with E-state index in [0.29, 0.717) is 23.8 Å². The molecule has 2 N–H and O–H groups in total. The van der Waals surface area contributed by atoms with Crippen molar-refractivity contribution in [2.45, 2.75) is 24.7 Å². The SMILES string of the molecule is COc1ccc(C(=O)NCC(=O)Nc2cccc(Cl)c2C)cc1S(=O)(=O)N1CCCC1. The fourth-order valence-corrected chi connectivity index (χ4v) is 5.16. The normalized spacial score (nSPS) is 14.3. The topological polar surface area (TPSA) is 105 Å². The quantitative estimate of drug-likeness (QED) is 0.654. The number of nitrogens with zero attached hydrogens (tertiary/aromatic N) is 1. The fourth-order valence-electron chi connectivity index (χ4n) is 3.29. The van der Waals surface area contributed by atoms with E-state index in [0.717, 1.165) is 18.4 Å². The third kappa shape index (κ3) is 5.17. The lowest BCUT2D eigenvalue weighted by molar-refractivity contribution is -0.115. The minimum Gasteiger partial charge on any atom is -0.495 e. The van der Waals surface area contributed by atoms with E-state index in [1.54, 1.807) is 25.1 Å². The standard InChI is InChI=1S/C21H24ClN3O5S/c1-14-16(22)6-5-7-17(14)24-20(26)13-23-21(27)15-8-9-18(30-2)19(12-15)31(28,29)25-10-3-4-11-25/h5-9,12H,3-4,10-11,13H2,1-2H3,(H,23,27)(H,24,26). The van der Waals surface area contributed by atoms with Crippen LogP contribution in [-0.2, 0) is 14.8 Å². The van der Waals surface area contributed by atoms with E-state index < -0.39 is 21.8 Å². The van der Waals surface area contributed by atoms with Crippen LogP contribution in [-0.4, -0.2) is 51.3 Å². The summed E-state index contributed by atoms with van der Waals surface area (Å²) in [6.45, 7) is 2.36. The number of benzene rings is 2. The number of methoxy groups -OCH3 is 1. The summed E-state index contributed by atoms with van der Waals surface area (Å²) in [7, 11) is -2.41. The molecule has 2 amide bonds. The van der Waals surface area contributed by atoms with Gasteiger partial charge in [-0.15, -0.1) is 0 Å². The molecule has 0 saturated carbocycles. The maximum Gasteiger partial charge on any atom is 0.251 e. The Hall–Kier alpha value is -2.62. The molecular formula is C21H24ClN3O5S. The first-order valence-corrected chi connectivity index (χ1v) is 11.6. The lowest BCUT2D eigenvalue weighted by Crippen LogP contribution is -2.33. The maximum atomic E-state index is 13.0. The van der Waals surface area contributed by atoms with Gasteiger partial charge in [0.2, 0.25) is 15.9 Å². The van der Waals surface area contributed by atoms with Gasteiger partial charge in [0.05, 0.1) is 13.7 Å². The number of ether oxygens (including phenoxy) is 1. The average Bonchev–Trinajstić information content (AvgIpc) is 3.30. The number of hydrogen-bond acceptors (Lipinski definition) is 5. The Bertz CT molecular complexity index is 1100. The van der Waals surface area contributed by atoms with Crippen molar-refractivity contribution < 1.29 is 22.7 Å². The monoisotopic (exact) mass is 465 g/mol. The summed E-state index contributed by atoms with van der Waals surface area (Å²) >= 11 is 6.04. The highest BCUT2D eigenvalue weighted by atomic mass is 35.5. The van der Waals surface area contributed by atoms with Crippen molar-refractivity contribution in [3.8, 4) is 5.75 Å². The zero-order valence-electron chi connectivity index (χ0n) is 17.3. The van der Waals surface area contributed by atoms with E-state index in [-0.39, 0.29) is 22.8 Å². The number of amides is 2. The van der Waals surface area contributed by atoms with Crippen molar-refractivity contribution >= 4 is 39.1 Å². The van der Waals surface area contributed by atoms with Gasteiger partial charge < -0.3 is 15.4 Å². The minimum absolute atomic E-state index is 0.0662. The van der Waals surface area contributed by atoms with Crippen LogP contribution >= 0.6 is 11.6 Å². The first-order valence-electron chi connectivity index (χ1n) is 9.75. The van der Waals surface area contributed by atoms with Gasteiger partial charge in [0.15, 0.2) is 0 Å². The van der Waals surface area contributed by atoms with Crippen LogP contribution in [0.5, 0.6) is 5.75 Å². The van der Waals surface area contributed by atoms with Gasteiger partial charge in [-0.25, -0.2) is 8.42 Å². The summed E-state index contributed by atoms with van der Waals surface area (Å²) in [5, 5.41) is 5.71. The molecule has 0 atom stereocenters. The van der Waals surface area contributed by atoms with Crippen LogP contribution < -0.4 is 15.4 Å². The second-order valence-corrected chi connectivity index (χ2v) is 9.43. The predicted octanol–water partition coefficient (Wildman–Crippen LogP) is 2.81. The molecule has 1 heterocycles. The molecule has 166 valence electrons. The maximum absolute atomic E-state index is 13.0. The summed E-state index contributed by atoms with van der Waals surface area (Å²) < 4.78 is 32.5. The number of halogens is 1. The van der Waals surface area contributed by atoms with Gasteiger partial charge in [0, 0.05) is 29.4 Å². The first-order chi connectivity index (χ1) is 14.7. The number of carbonyl (C=O) groups excluding carboxylic acids is 2. The lowest BCUT2D eigenvalue weighted by Gasteiger charge is -2.18. The highest BCUT2D eigenvalue weighted by Crippen LogP contribution is 2.30. The van der Waals surface area contributed by atoms with E-state index >= 15 is 0 Å². The van der Waals surface area contributed by atoms with E-state index in [4.69, 9.17) is 16.3 Å². The highest BCUT2D eigenvalue weighted by molar-refractivity contribution is 7.89. The van der Waals surface area contributed by atoms with Crippen molar-refractivity contribution in [1.29, 1.82) is 0 Å². The predicted molar refractivity (Wildman–Crippen MR) is 118 cm³/mol. The Labute approximate surface area is 186 Å². The molecule has 10 heteroatoms. The van der Waals surface area contributed by atoms with Gasteiger partial charge in [-0.1, -0.05) is 17.7 Å². The van der Waals surface area contributed by atoms with Gasteiger partial charge in [-0.05, 0) is 55.7 Å². The summed E-state index contributed by atoms with van der Waals surface area (Å²) in [5.74, 6) is -0.840. The van der Waals surface area contributed by atoms with Crippen LogP contribution in [0.3, 0.4) is 0 Å². The van der Waals surface area contributed by atoms with Crippen molar-refractivity contribution in [1.82, 2.24) is 9.62 Å². The molecule has 3 rings (SSSR count). The summed E-state index contributed by atoms with van der Waals surface area (Å²) in [5.41, 5.74) is 1.39. The summed E-state index contributed by atoms with van der Waals surface area (Å²) in [4.78, 5) is 24.7. The number of rotatable bonds is 7. The molecule has 0 unspecified atom stereocenters. The van der Waals surface area contributed by atoms with Gasteiger partial charge in [0.25, 0.3) is 5.91 Å². The Balaban J connectivity index is 1.71. The Kier molecular flexibility index (Phi) is 7.19. The largest absolute Gasteiger partial charge is 0.495 e. The molecule has 0 bridgehead atoms. The average molecular weight is 466 g/mol. The van der Waals surface area contributed by atoms with Gasteiger partial charge in [-0.3, -0.25) is 9.59 Å². The summed E-state index contributed by atoms with van der Waals surface area (Å²) in [6, 6.07) is 9.30. The number of hydrogen-bond donors (Lipinski definition) is 2. The zero-order valence-corrected chi connectivity index (χ0v) is 18.8. The van der Waals surface area contributed by atoms with Crippen molar-refractivity contribution in [2.75, 3.05) is 32.1 Å². The lowest BCUT2D eigenvalue weighted by atomic mass is 10.2. The third-order valence-electron chi connectivity index (χ3n) is 5.06.